The van der Waals surface area contributed by atoms with Crippen LogP contribution in [0.2, 0.25) is 5.02 Å². The summed E-state index contributed by atoms with van der Waals surface area (Å²) in [5, 5.41) is 16.1. The van der Waals surface area contributed by atoms with Gasteiger partial charge in [-0.2, -0.15) is 9.97 Å². The van der Waals surface area contributed by atoms with Crippen molar-refractivity contribution in [1.29, 1.82) is 0 Å². The molecule has 0 amide bonds. The Kier molecular flexibility index (Phi) is 9.72. The largest absolute Gasteiger partial charge is 0.508 e. The molecule has 1 fully saturated rings. The molecule has 4 N–H and O–H groups in total. The van der Waals surface area contributed by atoms with Crippen molar-refractivity contribution in [2.24, 2.45) is 5.73 Å². The Hall–Kier alpha value is -3.24. The number of halogens is 2. The number of phenols is 1. The van der Waals surface area contributed by atoms with Gasteiger partial charge in [-0.1, -0.05) is 42.3 Å². The predicted molar refractivity (Wildman–Crippen MR) is 165 cm³/mol. The number of hydrogen-bond acceptors (Lipinski definition) is 8. The minimum atomic E-state index is -0.566. The molecule has 10 heteroatoms. The average molecular weight is 581 g/mol. The maximum absolute atomic E-state index is 16.5. The van der Waals surface area contributed by atoms with Gasteiger partial charge in [-0.05, 0) is 73.9 Å². The van der Waals surface area contributed by atoms with Crippen molar-refractivity contribution in [1.82, 2.24) is 20.2 Å². The van der Waals surface area contributed by atoms with Crippen LogP contribution in [0.3, 0.4) is 0 Å². The van der Waals surface area contributed by atoms with Crippen LogP contribution in [-0.2, 0) is 0 Å². The van der Waals surface area contributed by atoms with E-state index in [0.717, 1.165) is 82.3 Å². The number of fused-ring (bicyclic) bond motifs is 2. The number of aromatic nitrogens is 2. The van der Waals surface area contributed by atoms with E-state index in [1.807, 2.05) is 24.3 Å². The van der Waals surface area contributed by atoms with Crippen LogP contribution in [0.1, 0.15) is 25.7 Å². The summed E-state index contributed by atoms with van der Waals surface area (Å²) in [5.74, 6) is 0.0765. The van der Waals surface area contributed by atoms with Crippen LogP contribution in [-0.4, -0.2) is 79.4 Å². The van der Waals surface area contributed by atoms with Crippen LogP contribution in [0.4, 0.5) is 10.2 Å². The highest BCUT2D eigenvalue weighted by Gasteiger charge is 2.24. The maximum Gasteiger partial charge on any atom is 0.319 e. The molecule has 1 aromatic heterocycles. The van der Waals surface area contributed by atoms with E-state index in [1.165, 1.54) is 0 Å². The van der Waals surface area contributed by atoms with Gasteiger partial charge in [0.2, 0.25) is 0 Å². The van der Waals surface area contributed by atoms with Gasteiger partial charge >= 0.3 is 6.01 Å². The number of rotatable bonds is 12. The van der Waals surface area contributed by atoms with Crippen LogP contribution in [0.25, 0.3) is 32.8 Å². The highest BCUT2D eigenvalue weighted by molar-refractivity contribution is 6.35. The number of nitrogens with two attached hydrogens (primary N) is 1. The Bertz CT molecular complexity index is 1500. The van der Waals surface area contributed by atoms with Gasteiger partial charge in [0.15, 0.2) is 5.82 Å². The third kappa shape index (κ3) is 6.81. The Morgan fingerprint density at radius 3 is 2.63 bits per heavy atom. The van der Waals surface area contributed by atoms with Gasteiger partial charge in [0.1, 0.15) is 17.1 Å². The van der Waals surface area contributed by atoms with E-state index in [4.69, 9.17) is 27.1 Å². The molecule has 4 aromatic rings. The van der Waals surface area contributed by atoms with E-state index in [9.17, 15) is 5.11 Å². The van der Waals surface area contributed by atoms with Gasteiger partial charge in [-0.3, -0.25) is 0 Å². The van der Waals surface area contributed by atoms with Gasteiger partial charge < -0.3 is 30.7 Å². The summed E-state index contributed by atoms with van der Waals surface area (Å²) in [7, 11) is 2.10. The van der Waals surface area contributed by atoms with Crippen molar-refractivity contribution < 1.29 is 14.2 Å². The molecule has 218 valence electrons. The number of phenolic OH excluding ortho intramolecular Hbond substituents is 1. The molecule has 0 saturated carbocycles. The van der Waals surface area contributed by atoms with Gasteiger partial charge in [-0.25, -0.2) is 4.39 Å². The van der Waals surface area contributed by atoms with Gasteiger partial charge in [-0.15, -0.1) is 0 Å². The predicted octanol–water partition coefficient (Wildman–Crippen LogP) is 5.19. The van der Waals surface area contributed by atoms with E-state index >= 15 is 4.39 Å². The average Bonchev–Trinajstić information content (AvgIpc) is 2.98. The van der Waals surface area contributed by atoms with Crippen LogP contribution < -0.4 is 20.7 Å². The molecule has 0 radical (unpaired) electrons. The molecular formula is C31H38ClFN6O2. The van der Waals surface area contributed by atoms with Crippen molar-refractivity contribution in [3.8, 4) is 22.9 Å². The molecule has 0 aliphatic carbocycles. The number of benzene rings is 3. The highest BCUT2D eigenvalue weighted by Crippen LogP contribution is 2.42. The number of unbranched alkanes of at least 4 members (excludes halogenated alkanes) is 2. The lowest BCUT2D eigenvalue weighted by atomic mass is 9.96. The van der Waals surface area contributed by atoms with Crippen LogP contribution in [0.5, 0.6) is 11.8 Å². The van der Waals surface area contributed by atoms with Crippen molar-refractivity contribution >= 4 is 39.1 Å². The van der Waals surface area contributed by atoms with E-state index in [1.54, 1.807) is 18.2 Å². The molecule has 0 unspecified atom stereocenters. The Balaban J connectivity index is 1.47. The number of hydrogen-bond donors (Lipinski definition) is 3. The number of aromatic hydroxyl groups is 1. The molecule has 5 rings (SSSR count). The van der Waals surface area contributed by atoms with Gasteiger partial charge in [0.25, 0.3) is 0 Å². The first-order valence-corrected chi connectivity index (χ1v) is 14.7. The third-order valence-electron chi connectivity index (χ3n) is 7.53. The Morgan fingerprint density at radius 2 is 1.83 bits per heavy atom. The summed E-state index contributed by atoms with van der Waals surface area (Å²) in [6.07, 6.45) is 4.10. The summed E-state index contributed by atoms with van der Waals surface area (Å²) in [4.78, 5) is 13.7. The first kappa shape index (κ1) is 29.3. The zero-order valence-corrected chi connectivity index (χ0v) is 24.3. The SMILES string of the molecule is CN(CCCCCN)CCCOc1nc(N2CCNCC2)c2cc(Cl)c(-c3cc(O)cc4ccccc34)c(F)c2n1. The second-order valence-electron chi connectivity index (χ2n) is 10.6. The zero-order chi connectivity index (χ0) is 28.8. The quantitative estimate of drug-likeness (QED) is 0.197. The zero-order valence-electron chi connectivity index (χ0n) is 23.5. The number of anilines is 1. The Labute approximate surface area is 245 Å². The van der Waals surface area contributed by atoms with Crippen molar-refractivity contribution in [3.05, 3.63) is 53.3 Å². The minimum absolute atomic E-state index is 0.0341. The second-order valence-corrected chi connectivity index (χ2v) is 11.0. The maximum atomic E-state index is 16.5. The summed E-state index contributed by atoms with van der Waals surface area (Å²) >= 11 is 6.78. The summed E-state index contributed by atoms with van der Waals surface area (Å²) in [5.41, 5.74) is 6.43. The number of ether oxygens (including phenoxy) is 1. The van der Waals surface area contributed by atoms with Gasteiger partial charge in [0, 0.05) is 43.7 Å². The van der Waals surface area contributed by atoms with Gasteiger partial charge in [0.05, 0.1) is 11.6 Å². The van der Waals surface area contributed by atoms with Crippen LogP contribution >= 0.6 is 11.6 Å². The first-order chi connectivity index (χ1) is 20.0. The summed E-state index contributed by atoms with van der Waals surface area (Å²) in [6.45, 7) is 6.07. The smallest absolute Gasteiger partial charge is 0.319 e. The normalized spacial score (nSPS) is 13.9. The fourth-order valence-electron chi connectivity index (χ4n) is 5.40. The molecule has 0 atom stereocenters. The topological polar surface area (TPSA) is 99.8 Å². The molecule has 1 saturated heterocycles. The lowest BCUT2D eigenvalue weighted by Crippen LogP contribution is -2.44. The van der Waals surface area contributed by atoms with Crippen LogP contribution in [0, 0.1) is 5.82 Å². The molecular weight excluding hydrogens is 543 g/mol. The third-order valence-corrected chi connectivity index (χ3v) is 7.83. The molecule has 8 nitrogen and oxygen atoms in total. The molecule has 41 heavy (non-hydrogen) atoms. The van der Waals surface area contributed by atoms with E-state index in [2.05, 4.69) is 27.1 Å². The lowest BCUT2D eigenvalue weighted by molar-refractivity contribution is 0.248. The number of piperazine rings is 1. The van der Waals surface area contributed by atoms with Crippen molar-refractivity contribution in [2.75, 3.05) is 64.4 Å². The van der Waals surface area contributed by atoms with Crippen LogP contribution in [0.15, 0.2) is 42.5 Å². The molecule has 0 spiro atoms. The highest BCUT2D eigenvalue weighted by atomic mass is 35.5. The Morgan fingerprint density at radius 1 is 1.05 bits per heavy atom. The number of nitrogens with zero attached hydrogens (tertiary/aromatic N) is 4. The molecule has 1 aliphatic rings. The second kappa shape index (κ2) is 13.6. The summed E-state index contributed by atoms with van der Waals surface area (Å²) in [6, 6.07) is 12.6. The fourth-order valence-corrected chi connectivity index (χ4v) is 5.70. The van der Waals surface area contributed by atoms with Crippen molar-refractivity contribution in [2.45, 2.75) is 25.7 Å². The minimum Gasteiger partial charge on any atom is -0.508 e. The molecule has 2 heterocycles. The number of nitrogens with one attached hydrogen (secondary N) is 1. The van der Waals surface area contributed by atoms with E-state index in [0.29, 0.717) is 23.4 Å². The summed E-state index contributed by atoms with van der Waals surface area (Å²) < 4.78 is 22.5. The molecule has 0 bridgehead atoms. The molecule has 1 aliphatic heterocycles. The van der Waals surface area contributed by atoms with E-state index in [-0.39, 0.29) is 27.9 Å². The monoisotopic (exact) mass is 580 g/mol. The standard InChI is InChI=1S/C31H38ClFN6O2/c1-38(13-6-2-5-10-34)14-7-17-41-31-36-29-25(30(37-31)39-15-11-35-12-16-39)20-26(32)27(28(29)33)24-19-22(40)18-21-8-3-4-9-23(21)24/h3-4,8-9,18-20,35,40H,2,5-7,10-17,34H2,1H3. The fraction of sp³-hybridized carbons (Fsp3) is 0.419. The first-order valence-electron chi connectivity index (χ1n) is 14.3. The van der Waals surface area contributed by atoms with E-state index < -0.39 is 5.82 Å². The lowest BCUT2D eigenvalue weighted by Gasteiger charge is -2.29. The molecule has 3 aromatic carbocycles. The van der Waals surface area contributed by atoms with Crippen molar-refractivity contribution in [3.63, 3.8) is 0 Å².